The number of aromatic nitrogens is 2. The summed E-state index contributed by atoms with van der Waals surface area (Å²) in [4.78, 5) is 10.8. The number of para-hydroxylation sites is 2. The van der Waals surface area contributed by atoms with Gasteiger partial charge in [0.2, 0.25) is 0 Å². The Morgan fingerprint density at radius 3 is 2.59 bits per heavy atom. The second kappa shape index (κ2) is 4.13. The second-order valence-electron chi connectivity index (χ2n) is 4.22. The van der Waals surface area contributed by atoms with Gasteiger partial charge in [-0.25, -0.2) is 9.97 Å². The molecule has 2 aromatic rings. The first-order chi connectivity index (χ1) is 8.24. The van der Waals surface area contributed by atoms with Crippen molar-refractivity contribution in [3.05, 3.63) is 29.4 Å². The second-order valence-corrected chi connectivity index (χ2v) is 4.57. The lowest BCUT2D eigenvalue weighted by Crippen LogP contribution is -2.22. The highest BCUT2D eigenvalue weighted by Gasteiger charge is 2.24. The lowest BCUT2D eigenvalue weighted by molar-refractivity contribution is 0.198. The van der Waals surface area contributed by atoms with Crippen molar-refractivity contribution in [1.29, 1.82) is 0 Å². The number of hydrogen-bond donors (Lipinski definition) is 1. The van der Waals surface area contributed by atoms with Crippen LogP contribution in [-0.2, 0) is 0 Å². The van der Waals surface area contributed by atoms with Crippen LogP contribution in [0.5, 0.6) is 0 Å². The maximum atomic E-state index is 9.53. The Hall–Kier alpha value is -1.39. The molecule has 0 amide bonds. The Labute approximate surface area is 104 Å². The number of anilines is 1. The summed E-state index contributed by atoms with van der Waals surface area (Å²) in [6.07, 6.45) is 0.463. The third-order valence-electron chi connectivity index (χ3n) is 2.97. The highest BCUT2D eigenvalue weighted by Crippen LogP contribution is 2.27. The first kappa shape index (κ1) is 10.7. The number of benzene rings is 1. The van der Waals surface area contributed by atoms with Crippen LogP contribution in [0.4, 0.5) is 5.82 Å². The number of aliphatic hydroxyl groups is 1. The van der Waals surface area contributed by atoms with Crippen molar-refractivity contribution < 1.29 is 5.11 Å². The van der Waals surface area contributed by atoms with Crippen molar-refractivity contribution in [1.82, 2.24) is 9.97 Å². The summed E-state index contributed by atoms with van der Waals surface area (Å²) in [5.74, 6) is 0.668. The largest absolute Gasteiger partial charge is 0.391 e. The Morgan fingerprint density at radius 2 is 1.94 bits per heavy atom. The maximum absolute atomic E-state index is 9.53. The van der Waals surface area contributed by atoms with Crippen LogP contribution in [0, 0.1) is 0 Å². The molecule has 0 aliphatic carbocycles. The van der Waals surface area contributed by atoms with Gasteiger partial charge in [0.15, 0.2) is 11.0 Å². The monoisotopic (exact) mass is 249 g/mol. The van der Waals surface area contributed by atoms with E-state index in [0.717, 1.165) is 24.0 Å². The van der Waals surface area contributed by atoms with Crippen molar-refractivity contribution in [2.75, 3.05) is 18.0 Å². The van der Waals surface area contributed by atoms with Crippen LogP contribution in [0.25, 0.3) is 11.0 Å². The van der Waals surface area contributed by atoms with Crippen LogP contribution in [0.3, 0.4) is 0 Å². The van der Waals surface area contributed by atoms with E-state index in [0.29, 0.717) is 17.5 Å². The summed E-state index contributed by atoms with van der Waals surface area (Å²) in [6, 6.07) is 7.63. The molecule has 1 aromatic carbocycles. The molecule has 0 radical (unpaired) electrons. The molecular weight excluding hydrogens is 238 g/mol. The molecule has 1 N–H and O–H groups in total. The molecule has 3 rings (SSSR count). The summed E-state index contributed by atoms with van der Waals surface area (Å²) in [5.41, 5.74) is 1.62. The van der Waals surface area contributed by atoms with Gasteiger partial charge in [-0.15, -0.1) is 0 Å². The zero-order valence-corrected chi connectivity index (χ0v) is 9.93. The fourth-order valence-electron chi connectivity index (χ4n) is 2.10. The van der Waals surface area contributed by atoms with Crippen LogP contribution in [0.2, 0.25) is 5.15 Å². The normalized spacial score (nSPS) is 20.1. The summed E-state index contributed by atoms with van der Waals surface area (Å²) in [7, 11) is 0. The molecule has 0 saturated carbocycles. The number of hydrogen-bond acceptors (Lipinski definition) is 4. The van der Waals surface area contributed by atoms with E-state index in [1.165, 1.54) is 0 Å². The molecule has 1 aliphatic heterocycles. The van der Waals surface area contributed by atoms with E-state index in [1.807, 2.05) is 29.2 Å². The molecule has 1 aromatic heterocycles. The molecule has 4 nitrogen and oxygen atoms in total. The Morgan fingerprint density at radius 1 is 1.24 bits per heavy atom. The molecule has 17 heavy (non-hydrogen) atoms. The maximum Gasteiger partial charge on any atom is 0.172 e. The molecule has 5 heteroatoms. The average molecular weight is 250 g/mol. The van der Waals surface area contributed by atoms with Crippen molar-refractivity contribution in [3.8, 4) is 0 Å². The fourth-order valence-corrected chi connectivity index (χ4v) is 2.36. The van der Waals surface area contributed by atoms with E-state index in [9.17, 15) is 5.11 Å². The molecule has 2 heterocycles. The van der Waals surface area contributed by atoms with Crippen LogP contribution < -0.4 is 4.90 Å². The SMILES string of the molecule is O[C@H]1CCN(c2nc3ccccc3nc2Cl)C1. The lowest BCUT2D eigenvalue weighted by atomic mass is 10.3. The zero-order valence-electron chi connectivity index (χ0n) is 9.17. The van der Waals surface area contributed by atoms with Crippen LogP contribution in [0.1, 0.15) is 6.42 Å². The van der Waals surface area contributed by atoms with Gasteiger partial charge in [-0.3, -0.25) is 0 Å². The van der Waals surface area contributed by atoms with E-state index in [2.05, 4.69) is 9.97 Å². The Balaban J connectivity index is 2.07. The van der Waals surface area contributed by atoms with E-state index in [4.69, 9.17) is 11.6 Å². The number of halogens is 1. The fraction of sp³-hybridized carbons (Fsp3) is 0.333. The Kier molecular flexibility index (Phi) is 2.61. The summed E-state index contributed by atoms with van der Waals surface area (Å²) < 4.78 is 0. The third kappa shape index (κ3) is 1.94. The van der Waals surface area contributed by atoms with Crippen LogP contribution in [-0.4, -0.2) is 34.3 Å². The van der Waals surface area contributed by atoms with Gasteiger partial charge in [-0.2, -0.15) is 0 Å². The molecule has 1 fully saturated rings. The van der Waals surface area contributed by atoms with Gasteiger partial charge in [0.05, 0.1) is 17.1 Å². The zero-order chi connectivity index (χ0) is 11.8. The molecule has 1 aliphatic rings. The van der Waals surface area contributed by atoms with Crippen LogP contribution >= 0.6 is 11.6 Å². The summed E-state index contributed by atoms with van der Waals surface area (Å²) in [5, 5.41) is 9.93. The first-order valence-electron chi connectivity index (χ1n) is 5.59. The van der Waals surface area contributed by atoms with E-state index >= 15 is 0 Å². The number of β-amino-alcohol motifs (C(OH)–C–C–N with tert-alkyl or cyclic N) is 1. The van der Waals surface area contributed by atoms with E-state index in [1.54, 1.807) is 0 Å². The van der Waals surface area contributed by atoms with Gasteiger partial charge in [-0.05, 0) is 18.6 Å². The van der Waals surface area contributed by atoms with Crippen LogP contribution in [0.15, 0.2) is 24.3 Å². The minimum Gasteiger partial charge on any atom is -0.391 e. The average Bonchev–Trinajstić information content (AvgIpc) is 2.75. The van der Waals surface area contributed by atoms with E-state index < -0.39 is 0 Å². The summed E-state index contributed by atoms with van der Waals surface area (Å²) >= 11 is 6.13. The minimum atomic E-state index is -0.292. The lowest BCUT2D eigenvalue weighted by Gasteiger charge is -2.17. The smallest absolute Gasteiger partial charge is 0.172 e. The molecule has 1 saturated heterocycles. The highest BCUT2D eigenvalue weighted by molar-refractivity contribution is 6.32. The van der Waals surface area contributed by atoms with Gasteiger partial charge in [0, 0.05) is 13.1 Å². The quantitative estimate of drug-likeness (QED) is 0.838. The minimum absolute atomic E-state index is 0.292. The van der Waals surface area contributed by atoms with Crippen molar-refractivity contribution in [2.24, 2.45) is 0 Å². The van der Waals surface area contributed by atoms with Gasteiger partial charge in [0.1, 0.15) is 0 Å². The van der Waals surface area contributed by atoms with Crippen molar-refractivity contribution in [2.45, 2.75) is 12.5 Å². The Bertz CT molecular complexity index is 560. The molecule has 88 valence electrons. The molecule has 1 atom stereocenters. The predicted octanol–water partition coefficient (Wildman–Crippen LogP) is 1.85. The summed E-state index contributed by atoms with van der Waals surface area (Å²) in [6.45, 7) is 1.35. The van der Waals surface area contributed by atoms with E-state index in [-0.39, 0.29) is 6.10 Å². The first-order valence-corrected chi connectivity index (χ1v) is 5.97. The third-order valence-corrected chi connectivity index (χ3v) is 3.23. The molecule has 0 unspecified atom stereocenters. The predicted molar refractivity (Wildman–Crippen MR) is 67.4 cm³/mol. The highest BCUT2D eigenvalue weighted by atomic mass is 35.5. The number of aliphatic hydroxyl groups excluding tert-OH is 1. The molecular formula is C12H12ClN3O. The number of fused-ring (bicyclic) bond motifs is 1. The number of nitrogens with zero attached hydrogens (tertiary/aromatic N) is 3. The van der Waals surface area contributed by atoms with Gasteiger partial charge < -0.3 is 10.0 Å². The van der Waals surface area contributed by atoms with Crippen molar-refractivity contribution >= 4 is 28.5 Å². The standard InChI is InChI=1S/C12H12ClN3O/c13-11-12(16-6-5-8(17)7-16)15-10-4-2-1-3-9(10)14-11/h1-4,8,17H,5-7H2/t8-/m0/s1. The molecule has 0 spiro atoms. The number of rotatable bonds is 1. The molecule has 0 bridgehead atoms. The topological polar surface area (TPSA) is 49.2 Å². The van der Waals surface area contributed by atoms with Gasteiger partial charge in [-0.1, -0.05) is 23.7 Å². The van der Waals surface area contributed by atoms with Gasteiger partial charge >= 0.3 is 0 Å². The van der Waals surface area contributed by atoms with Crippen molar-refractivity contribution in [3.63, 3.8) is 0 Å². The van der Waals surface area contributed by atoms with Gasteiger partial charge in [0.25, 0.3) is 0 Å².